The Kier molecular flexibility index (Phi) is 8.58. The highest BCUT2D eigenvalue weighted by Gasteiger charge is 2.35. The van der Waals surface area contributed by atoms with Crippen LogP contribution < -0.4 is 5.32 Å². The van der Waals surface area contributed by atoms with Gasteiger partial charge in [0.05, 0.1) is 17.8 Å². The Morgan fingerprint density at radius 2 is 1.62 bits per heavy atom. The van der Waals surface area contributed by atoms with Gasteiger partial charge in [-0.1, -0.05) is 86.6 Å². The molecule has 0 radical (unpaired) electrons. The summed E-state index contributed by atoms with van der Waals surface area (Å²) in [5, 5.41) is 22.3. The minimum absolute atomic E-state index is 0.0935. The zero-order valence-corrected chi connectivity index (χ0v) is 20.8. The summed E-state index contributed by atoms with van der Waals surface area (Å²) in [4.78, 5) is 15.6. The van der Waals surface area contributed by atoms with Crippen LogP contribution in [0.4, 0.5) is 0 Å². The fraction of sp³-hybridized carbons (Fsp3) is 0.444. The van der Waals surface area contributed by atoms with Crippen molar-refractivity contribution < 1.29 is 9.90 Å². The van der Waals surface area contributed by atoms with Crippen LogP contribution in [-0.2, 0) is 11.2 Å². The molecule has 0 saturated carbocycles. The van der Waals surface area contributed by atoms with Crippen molar-refractivity contribution in [2.75, 3.05) is 20.6 Å². The third-order valence-electron chi connectivity index (χ3n) is 5.82. The second-order valence-corrected chi connectivity index (χ2v) is 10.2. The molecule has 0 aliphatic carbocycles. The van der Waals surface area contributed by atoms with Gasteiger partial charge in [-0.15, -0.1) is 5.10 Å². The molecule has 0 saturated heterocycles. The fourth-order valence-corrected chi connectivity index (χ4v) is 4.13. The van der Waals surface area contributed by atoms with Crippen molar-refractivity contribution in [3.8, 4) is 0 Å². The van der Waals surface area contributed by atoms with Crippen LogP contribution in [0.25, 0.3) is 0 Å². The number of rotatable bonds is 10. The number of likely N-dealkylation sites (N-methyl/N-ethyl adjacent to an activating group) is 1. The van der Waals surface area contributed by atoms with Crippen molar-refractivity contribution in [1.82, 2.24) is 25.2 Å². The zero-order valence-electron chi connectivity index (χ0n) is 20.8. The first-order valence-corrected chi connectivity index (χ1v) is 11.8. The number of carbonyl (C=O) groups is 1. The summed E-state index contributed by atoms with van der Waals surface area (Å²) in [6, 6.07) is 18.9. The average Bonchev–Trinajstić information content (AvgIpc) is 3.25. The van der Waals surface area contributed by atoms with Crippen molar-refractivity contribution in [3.05, 3.63) is 83.7 Å². The molecule has 1 aromatic heterocycles. The molecule has 3 rings (SSSR count). The highest BCUT2D eigenvalue weighted by molar-refractivity contribution is 5.81. The van der Waals surface area contributed by atoms with Crippen molar-refractivity contribution in [2.24, 2.45) is 5.41 Å². The van der Waals surface area contributed by atoms with Gasteiger partial charge in [-0.3, -0.25) is 4.79 Å². The van der Waals surface area contributed by atoms with E-state index < -0.39 is 12.1 Å². The summed E-state index contributed by atoms with van der Waals surface area (Å²) >= 11 is 0. The minimum atomic E-state index is -0.564. The van der Waals surface area contributed by atoms with Crippen molar-refractivity contribution in [3.63, 3.8) is 0 Å². The van der Waals surface area contributed by atoms with Crippen molar-refractivity contribution in [2.45, 2.75) is 51.8 Å². The van der Waals surface area contributed by atoms with Crippen molar-refractivity contribution >= 4 is 5.91 Å². The van der Waals surface area contributed by atoms with Crippen LogP contribution in [0.15, 0.2) is 66.9 Å². The normalized spacial score (nSPS) is 14.6. The van der Waals surface area contributed by atoms with Crippen molar-refractivity contribution in [1.29, 1.82) is 0 Å². The third-order valence-corrected chi connectivity index (χ3v) is 5.82. The smallest absolute Gasteiger partial charge is 0.246 e. The molecule has 0 bridgehead atoms. The van der Waals surface area contributed by atoms with E-state index in [1.807, 2.05) is 102 Å². The first-order chi connectivity index (χ1) is 16.1. The molecule has 7 nitrogen and oxygen atoms in total. The number of aryl methyl sites for hydroxylation is 1. The van der Waals surface area contributed by atoms with Gasteiger partial charge in [0.25, 0.3) is 0 Å². The molecule has 0 fully saturated rings. The number of hydrogen-bond acceptors (Lipinski definition) is 5. The Balaban J connectivity index is 1.74. The summed E-state index contributed by atoms with van der Waals surface area (Å²) in [6.07, 6.45) is 2.37. The standard InChI is InChI=1S/C27H37N5O2/c1-27(2,3)25(26(34)28-23(19-31(4)5)20-12-8-6-9-13-20)32-18-22(29-30-32)16-17-24(33)21-14-10-7-11-15-21/h6-15,18,23-25,33H,16-17,19H2,1-5H3,(H,28,34)/t23-,24?,25?/m0/s1. The molecule has 0 aliphatic heterocycles. The summed E-state index contributed by atoms with van der Waals surface area (Å²) in [5.41, 5.74) is 2.32. The van der Waals surface area contributed by atoms with Crippen LogP contribution in [0, 0.1) is 5.41 Å². The predicted molar refractivity (Wildman–Crippen MR) is 134 cm³/mol. The van der Waals surface area contributed by atoms with Gasteiger partial charge in [0.15, 0.2) is 0 Å². The first-order valence-electron chi connectivity index (χ1n) is 11.8. The highest BCUT2D eigenvalue weighted by atomic mass is 16.3. The zero-order chi connectivity index (χ0) is 24.7. The molecule has 1 heterocycles. The largest absolute Gasteiger partial charge is 0.388 e. The van der Waals surface area contributed by atoms with Gasteiger partial charge in [-0.2, -0.15) is 0 Å². The van der Waals surface area contributed by atoms with E-state index in [0.717, 1.165) is 16.8 Å². The van der Waals surface area contributed by atoms with Crippen LogP contribution in [0.1, 0.15) is 62.2 Å². The number of aliphatic hydroxyl groups excluding tert-OH is 1. The lowest BCUT2D eigenvalue weighted by Crippen LogP contribution is -2.43. The Morgan fingerprint density at radius 3 is 2.18 bits per heavy atom. The number of hydrogen-bond donors (Lipinski definition) is 2. The molecule has 2 N–H and O–H groups in total. The van der Waals surface area contributed by atoms with Gasteiger partial charge in [0, 0.05) is 12.7 Å². The van der Waals surface area contributed by atoms with E-state index in [2.05, 4.69) is 20.5 Å². The van der Waals surface area contributed by atoms with Crippen LogP contribution >= 0.6 is 0 Å². The van der Waals surface area contributed by atoms with Crippen LogP contribution in [-0.4, -0.2) is 51.5 Å². The van der Waals surface area contributed by atoms with E-state index in [1.54, 1.807) is 4.68 Å². The van der Waals surface area contributed by atoms with Crippen LogP contribution in [0.5, 0.6) is 0 Å². The van der Waals surface area contributed by atoms with E-state index in [4.69, 9.17) is 0 Å². The number of aromatic nitrogens is 3. The summed E-state index contributed by atoms with van der Waals surface area (Å²) in [5.74, 6) is -0.0935. The van der Waals surface area contributed by atoms with Gasteiger partial charge in [0.1, 0.15) is 6.04 Å². The van der Waals surface area contributed by atoms with Gasteiger partial charge >= 0.3 is 0 Å². The molecule has 0 spiro atoms. The summed E-state index contributed by atoms with van der Waals surface area (Å²) in [6.45, 7) is 6.77. The van der Waals surface area contributed by atoms with Gasteiger partial charge in [0.2, 0.25) is 5.91 Å². The maximum Gasteiger partial charge on any atom is 0.246 e. The SMILES string of the molecule is CN(C)C[C@H](NC(=O)C(n1cc(CCC(O)c2ccccc2)nn1)C(C)(C)C)c1ccccc1. The number of nitrogens with zero attached hydrogens (tertiary/aromatic N) is 4. The third kappa shape index (κ3) is 6.98. The maximum atomic E-state index is 13.6. The Bertz CT molecular complexity index is 1030. The summed E-state index contributed by atoms with van der Waals surface area (Å²) < 4.78 is 1.66. The quantitative estimate of drug-likeness (QED) is 0.476. The highest BCUT2D eigenvalue weighted by Crippen LogP contribution is 2.31. The lowest BCUT2D eigenvalue weighted by molar-refractivity contribution is -0.128. The molecule has 0 aliphatic rings. The number of amides is 1. The van der Waals surface area contributed by atoms with E-state index in [1.165, 1.54) is 0 Å². The van der Waals surface area contributed by atoms with E-state index in [9.17, 15) is 9.90 Å². The molecule has 1 amide bonds. The topological polar surface area (TPSA) is 83.3 Å². The maximum absolute atomic E-state index is 13.6. The molecule has 7 heteroatoms. The van der Waals surface area contributed by atoms with Crippen LogP contribution in [0.3, 0.4) is 0 Å². The molecule has 182 valence electrons. The Morgan fingerprint density at radius 1 is 1.03 bits per heavy atom. The Labute approximate surface area is 202 Å². The molecule has 34 heavy (non-hydrogen) atoms. The van der Waals surface area contributed by atoms with Gasteiger partial charge < -0.3 is 15.3 Å². The summed E-state index contributed by atoms with van der Waals surface area (Å²) in [7, 11) is 3.99. The first kappa shape index (κ1) is 25.6. The lowest BCUT2D eigenvalue weighted by Gasteiger charge is -2.32. The molecule has 3 aromatic rings. The molecular weight excluding hydrogens is 426 g/mol. The molecule has 2 unspecified atom stereocenters. The van der Waals surface area contributed by atoms with E-state index >= 15 is 0 Å². The molecule has 2 aromatic carbocycles. The predicted octanol–water partition coefficient (Wildman–Crippen LogP) is 3.95. The number of aliphatic hydroxyl groups is 1. The van der Waals surface area contributed by atoms with Crippen LogP contribution in [0.2, 0.25) is 0 Å². The molecular formula is C27H37N5O2. The lowest BCUT2D eigenvalue weighted by atomic mass is 9.86. The number of benzene rings is 2. The van der Waals surface area contributed by atoms with E-state index in [0.29, 0.717) is 19.4 Å². The Hall–Kier alpha value is -3.03. The van der Waals surface area contributed by atoms with Gasteiger partial charge in [-0.05, 0) is 43.5 Å². The minimum Gasteiger partial charge on any atom is -0.388 e. The fourth-order valence-electron chi connectivity index (χ4n) is 4.13. The number of nitrogens with one attached hydrogen (secondary N) is 1. The van der Waals surface area contributed by atoms with Gasteiger partial charge in [-0.25, -0.2) is 4.68 Å². The van der Waals surface area contributed by atoms with E-state index in [-0.39, 0.29) is 17.4 Å². The average molecular weight is 464 g/mol. The second-order valence-electron chi connectivity index (χ2n) is 10.2. The second kappa shape index (κ2) is 11.4. The molecule has 3 atom stereocenters. The monoisotopic (exact) mass is 463 g/mol. The number of carbonyl (C=O) groups excluding carboxylic acids is 1.